The summed E-state index contributed by atoms with van der Waals surface area (Å²) >= 11 is 0. The lowest BCUT2D eigenvalue weighted by molar-refractivity contribution is 0.1000. The van der Waals surface area contributed by atoms with Gasteiger partial charge in [0.25, 0.3) is 0 Å². The molecule has 4 rings (SSSR count). The van der Waals surface area contributed by atoms with Crippen molar-refractivity contribution in [3.05, 3.63) is 94.6 Å². The molecule has 3 nitrogen and oxygen atoms in total. The van der Waals surface area contributed by atoms with Crippen LogP contribution in [-0.4, -0.2) is 17.1 Å². The van der Waals surface area contributed by atoms with Crippen molar-refractivity contribution in [2.75, 3.05) is 0 Å². The third kappa shape index (κ3) is 5.34. The van der Waals surface area contributed by atoms with E-state index in [9.17, 15) is 9.90 Å². The molecule has 0 spiro atoms. The maximum absolute atomic E-state index is 11.4. The van der Waals surface area contributed by atoms with E-state index in [0.717, 1.165) is 44.1 Å². The van der Waals surface area contributed by atoms with Gasteiger partial charge in [-0.3, -0.25) is 4.79 Å². The normalized spacial score (nSPS) is 25.0. The molecule has 2 aromatic carbocycles. The minimum atomic E-state index is -0.373. The van der Waals surface area contributed by atoms with Gasteiger partial charge in [0.1, 0.15) is 0 Å². The van der Waals surface area contributed by atoms with Crippen molar-refractivity contribution in [3.8, 4) is 0 Å². The van der Waals surface area contributed by atoms with Gasteiger partial charge < -0.3 is 10.8 Å². The van der Waals surface area contributed by atoms with Crippen LogP contribution < -0.4 is 5.73 Å². The van der Waals surface area contributed by atoms with Gasteiger partial charge in [0, 0.05) is 11.5 Å². The molecule has 2 aromatic rings. The van der Waals surface area contributed by atoms with Crippen molar-refractivity contribution < 1.29 is 9.90 Å². The molecule has 3 heteroatoms. The van der Waals surface area contributed by atoms with Gasteiger partial charge in [0.15, 0.2) is 0 Å². The number of aliphatic hydroxyl groups excluding tert-OH is 1. The predicted molar refractivity (Wildman–Crippen MR) is 126 cm³/mol. The number of amides is 1. The van der Waals surface area contributed by atoms with Crippen LogP contribution in [0.25, 0.3) is 0 Å². The maximum atomic E-state index is 11.4. The smallest absolute Gasteiger partial charge is 0.248 e. The summed E-state index contributed by atoms with van der Waals surface area (Å²) in [7, 11) is 0. The SMILES string of the molecule is Cc1cccc(CC/C=C/[C@@H]2[C@H]3CC(CCc4cccc(C(N)=O)c4)=C[C@H]3C[C@H]2O)c1. The number of primary amides is 1. The van der Waals surface area contributed by atoms with E-state index in [0.29, 0.717) is 17.4 Å². The number of fused-ring (bicyclic) bond motifs is 1. The zero-order chi connectivity index (χ0) is 21.8. The molecule has 0 unspecified atom stereocenters. The van der Waals surface area contributed by atoms with E-state index >= 15 is 0 Å². The number of rotatable bonds is 8. The first kappa shape index (κ1) is 21.6. The average molecular weight is 416 g/mol. The minimum absolute atomic E-state index is 0.227. The molecule has 0 aliphatic heterocycles. The summed E-state index contributed by atoms with van der Waals surface area (Å²) in [5.74, 6) is 0.905. The number of benzene rings is 2. The highest BCUT2D eigenvalue weighted by molar-refractivity contribution is 5.92. The van der Waals surface area contributed by atoms with Crippen LogP contribution in [0.2, 0.25) is 0 Å². The Balaban J connectivity index is 1.30. The molecule has 3 N–H and O–H groups in total. The summed E-state index contributed by atoms with van der Waals surface area (Å²) < 4.78 is 0. The van der Waals surface area contributed by atoms with Crippen LogP contribution in [0.3, 0.4) is 0 Å². The number of carbonyl (C=O) groups is 1. The molecule has 162 valence electrons. The van der Waals surface area contributed by atoms with Crippen LogP contribution in [0.5, 0.6) is 0 Å². The molecule has 0 aromatic heterocycles. The Morgan fingerprint density at radius 1 is 1.10 bits per heavy atom. The largest absolute Gasteiger partial charge is 0.392 e. The highest BCUT2D eigenvalue weighted by atomic mass is 16.3. The lowest BCUT2D eigenvalue weighted by Gasteiger charge is -2.18. The fourth-order valence-electron chi connectivity index (χ4n) is 5.35. The number of allylic oxidation sites excluding steroid dienone is 3. The summed E-state index contributed by atoms with van der Waals surface area (Å²) in [5.41, 5.74) is 11.3. The Morgan fingerprint density at radius 2 is 1.87 bits per heavy atom. The molecule has 2 aliphatic rings. The molecular weight excluding hydrogens is 382 g/mol. The first-order chi connectivity index (χ1) is 15.0. The van der Waals surface area contributed by atoms with E-state index in [1.807, 2.05) is 12.1 Å². The van der Waals surface area contributed by atoms with E-state index in [1.54, 1.807) is 6.07 Å². The molecule has 1 amide bonds. The molecule has 2 aliphatic carbocycles. The monoisotopic (exact) mass is 415 g/mol. The summed E-state index contributed by atoms with van der Waals surface area (Å²) in [4.78, 5) is 11.4. The van der Waals surface area contributed by atoms with Crippen molar-refractivity contribution in [3.63, 3.8) is 0 Å². The first-order valence-corrected chi connectivity index (χ1v) is 11.5. The van der Waals surface area contributed by atoms with Crippen LogP contribution in [0, 0.1) is 24.7 Å². The Morgan fingerprint density at radius 3 is 2.65 bits per heavy atom. The fraction of sp³-hybridized carbons (Fsp3) is 0.393. The Kier molecular flexibility index (Phi) is 6.72. The number of aryl methyl sites for hydroxylation is 3. The summed E-state index contributed by atoms with van der Waals surface area (Å²) in [6.07, 6.45) is 12.7. The van der Waals surface area contributed by atoms with E-state index < -0.39 is 0 Å². The Hall–Kier alpha value is -2.65. The van der Waals surface area contributed by atoms with Gasteiger partial charge in [-0.15, -0.1) is 0 Å². The topological polar surface area (TPSA) is 63.3 Å². The van der Waals surface area contributed by atoms with Crippen molar-refractivity contribution in [2.24, 2.45) is 23.5 Å². The van der Waals surface area contributed by atoms with E-state index in [1.165, 1.54) is 16.7 Å². The number of nitrogens with two attached hydrogens (primary N) is 1. The van der Waals surface area contributed by atoms with Crippen molar-refractivity contribution in [1.29, 1.82) is 0 Å². The summed E-state index contributed by atoms with van der Waals surface area (Å²) in [5, 5.41) is 10.6. The van der Waals surface area contributed by atoms with Crippen LogP contribution >= 0.6 is 0 Å². The van der Waals surface area contributed by atoms with Gasteiger partial charge in [-0.05, 0) is 80.5 Å². The Labute approximate surface area is 185 Å². The van der Waals surface area contributed by atoms with Crippen LogP contribution in [0.15, 0.2) is 72.3 Å². The Bertz CT molecular complexity index is 990. The fourth-order valence-corrected chi connectivity index (χ4v) is 5.35. The molecule has 4 atom stereocenters. The second-order valence-electron chi connectivity index (χ2n) is 9.26. The molecule has 1 fully saturated rings. The van der Waals surface area contributed by atoms with Gasteiger partial charge in [-0.1, -0.05) is 65.8 Å². The molecule has 0 heterocycles. The third-order valence-corrected chi connectivity index (χ3v) is 6.94. The lowest BCUT2D eigenvalue weighted by atomic mass is 9.88. The highest BCUT2D eigenvalue weighted by Gasteiger charge is 2.43. The second kappa shape index (κ2) is 9.65. The van der Waals surface area contributed by atoms with E-state index in [4.69, 9.17) is 5.73 Å². The summed E-state index contributed by atoms with van der Waals surface area (Å²) in [6, 6.07) is 16.3. The summed E-state index contributed by atoms with van der Waals surface area (Å²) in [6.45, 7) is 2.13. The number of hydrogen-bond donors (Lipinski definition) is 2. The zero-order valence-corrected chi connectivity index (χ0v) is 18.3. The number of aliphatic hydroxyl groups is 1. The van der Waals surface area contributed by atoms with Crippen molar-refractivity contribution in [1.82, 2.24) is 0 Å². The van der Waals surface area contributed by atoms with Crippen molar-refractivity contribution in [2.45, 2.75) is 51.6 Å². The molecule has 31 heavy (non-hydrogen) atoms. The predicted octanol–water partition coefficient (Wildman–Crippen LogP) is 5.16. The average Bonchev–Trinajstić information content (AvgIpc) is 3.27. The standard InChI is InChI=1S/C28H33NO2/c1-19-6-4-8-20(14-19)7-2-3-11-25-26-17-22(16-24(26)18-27(25)30)13-12-21-9-5-10-23(15-21)28(29)31/h3-6,8-11,14-16,24-27,30H,2,7,12-13,17-18H2,1H3,(H2,29,31)/b11-3+/t24-,25+,26-,27+/m0/s1. The second-order valence-corrected chi connectivity index (χ2v) is 9.26. The lowest BCUT2D eigenvalue weighted by Crippen LogP contribution is -2.17. The van der Waals surface area contributed by atoms with Crippen LogP contribution in [0.1, 0.15) is 52.7 Å². The molecule has 0 radical (unpaired) electrons. The van der Waals surface area contributed by atoms with Crippen LogP contribution in [-0.2, 0) is 12.8 Å². The highest BCUT2D eigenvalue weighted by Crippen LogP contribution is 2.48. The molecule has 1 saturated carbocycles. The molecule has 0 saturated heterocycles. The molecule has 0 bridgehead atoms. The third-order valence-electron chi connectivity index (χ3n) is 6.94. The van der Waals surface area contributed by atoms with Crippen LogP contribution in [0.4, 0.5) is 0 Å². The van der Waals surface area contributed by atoms with E-state index in [2.05, 4.69) is 55.5 Å². The number of hydrogen-bond acceptors (Lipinski definition) is 2. The molecular formula is C28H33NO2. The van der Waals surface area contributed by atoms with Gasteiger partial charge in [-0.2, -0.15) is 0 Å². The zero-order valence-electron chi connectivity index (χ0n) is 18.3. The van der Waals surface area contributed by atoms with Gasteiger partial charge in [0.2, 0.25) is 5.91 Å². The van der Waals surface area contributed by atoms with Gasteiger partial charge in [0.05, 0.1) is 6.10 Å². The maximum Gasteiger partial charge on any atom is 0.248 e. The quantitative estimate of drug-likeness (QED) is 0.585. The van der Waals surface area contributed by atoms with Crippen molar-refractivity contribution >= 4 is 5.91 Å². The minimum Gasteiger partial charge on any atom is -0.392 e. The first-order valence-electron chi connectivity index (χ1n) is 11.5. The van der Waals surface area contributed by atoms with Gasteiger partial charge >= 0.3 is 0 Å². The van der Waals surface area contributed by atoms with Gasteiger partial charge in [-0.25, -0.2) is 0 Å². The number of carbonyl (C=O) groups excluding carboxylic acids is 1. The van der Waals surface area contributed by atoms with E-state index in [-0.39, 0.29) is 17.9 Å².